The molecule has 84 valence electrons. The Morgan fingerprint density at radius 3 is 2.75 bits per heavy atom. The van der Waals surface area contributed by atoms with Crippen LogP contribution in [0.15, 0.2) is 24.4 Å². The molecular weight excluding hydrogens is 200 g/mol. The number of nitriles is 1. The number of hydrogen-bond acceptors (Lipinski definition) is 3. The van der Waals surface area contributed by atoms with Gasteiger partial charge >= 0.3 is 0 Å². The zero-order valence-electron chi connectivity index (χ0n) is 9.35. The number of nitrogens with zero attached hydrogens (tertiary/aromatic N) is 2. The van der Waals surface area contributed by atoms with Gasteiger partial charge in [0.15, 0.2) is 0 Å². The maximum absolute atomic E-state index is 8.77. The van der Waals surface area contributed by atoms with Crippen LogP contribution < -0.4 is 0 Å². The normalized spacial score (nSPS) is 18.7. The van der Waals surface area contributed by atoms with Crippen LogP contribution in [0.4, 0.5) is 0 Å². The van der Waals surface area contributed by atoms with Gasteiger partial charge in [0.05, 0.1) is 0 Å². The highest BCUT2D eigenvalue weighted by molar-refractivity contribution is 5.08. The summed E-state index contributed by atoms with van der Waals surface area (Å²) in [4.78, 5) is 4.31. The van der Waals surface area contributed by atoms with Gasteiger partial charge < -0.3 is 4.74 Å². The number of pyridine rings is 1. The molecule has 1 fully saturated rings. The summed E-state index contributed by atoms with van der Waals surface area (Å²) >= 11 is 0. The number of ether oxygens (including phenoxy) is 1. The Hall–Kier alpha value is -1.56. The van der Waals surface area contributed by atoms with E-state index in [4.69, 9.17) is 10.00 Å². The van der Waals surface area contributed by atoms with Crippen molar-refractivity contribution in [3.05, 3.63) is 30.1 Å². The van der Waals surface area contributed by atoms with Gasteiger partial charge in [-0.1, -0.05) is 12.5 Å². The maximum Gasteiger partial charge on any atom is 0.286 e. The van der Waals surface area contributed by atoms with Crippen LogP contribution in [0.5, 0.6) is 0 Å². The predicted molar refractivity (Wildman–Crippen MR) is 60.5 cm³/mol. The smallest absolute Gasteiger partial charge is 0.286 e. The molecule has 0 amide bonds. The Balaban J connectivity index is 2.11. The van der Waals surface area contributed by atoms with Crippen molar-refractivity contribution in [3.63, 3.8) is 0 Å². The van der Waals surface area contributed by atoms with Crippen molar-refractivity contribution < 1.29 is 4.74 Å². The third kappa shape index (κ3) is 2.52. The van der Waals surface area contributed by atoms with Crippen LogP contribution in [0.3, 0.4) is 0 Å². The number of rotatable bonds is 3. The molecule has 1 aromatic rings. The second kappa shape index (κ2) is 4.98. The Bertz CT molecular complexity index is 363. The summed E-state index contributed by atoms with van der Waals surface area (Å²) in [6, 6.07) is 5.88. The van der Waals surface area contributed by atoms with E-state index in [2.05, 4.69) is 4.98 Å². The Morgan fingerprint density at radius 1 is 1.31 bits per heavy atom. The third-order valence-corrected chi connectivity index (χ3v) is 3.26. The van der Waals surface area contributed by atoms with Crippen molar-refractivity contribution >= 4 is 0 Å². The van der Waals surface area contributed by atoms with Gasteiger partial charge in [-0.2, -0.15) is 5.26 Å². The van der Waals surface area contributed by atoms with E-state index in [-0.39, 0.29) is 5.60 Å². The van der Waals surface area contributed by atoms with E-state index < -0.39 is 0 Å². The maximum atomic E-state index is 8.77. The monoisotopic (exact) mass is 216 g/mol. The summed E-state index contributed by atoms with van der Waals surface area (Å²) in [6.07, 6.45) is 9.89. The van der Waals surface area contributed by atoms with E-state index in [1.807, 2.05) is 24.5 Å². The van der Waals surface area contributed by atoms with Gasteiger partial charge in [0.25, 0.3) is 6.26 Å². The summed E-state index contributed by atoms with van der Waals surface area (Å²) in [5, 5.41) is 8.77. The largest absolute Gasteiger partial charge is 0.420 e. The molecule has 1 heterocycles. The first-order chi connectivity index (χ1) is 7.85. The molecule has 0 spiro atoms. The first-order valence-electron chi connectivity index (χ1n) is 5.82. The van der Waals surface area contributed by atoms with Crippen LogP contribution in [0.2, 0.25) is 0 Å². The highest BCUT2D eigenvalue weighted by Crippen LogP contribution is 2.34. The zero-order valence-corrected chi connectivity index (χ0v) is 9.35. The van der Waals surface area contributed by atoms with Crippen LogP contribution in [0.25, 0.3) is 0 Å². The molecule has 0 saturated heterocycles. The van der Waals surface area contributed by atoms with Crippen LogP contribution in [-0.2, 0) is 11.2 Å². The highest BCUT2D eigenvalue weighted by atomic mass is 16.5. The zero-order chi connectivity index (χ0) is 11.3. The molecule has 0 N–H and O–H groups in total. The topological polar surface area (TPSA) is 45.9 Å². The van der Waals surface area contributed by atoms with Gasteiger partial charge in [-0.25, -0.2) is 0 Å². The molecule has 2 rings (SSSR count). The molecule has 1 aliphatic carbocycles. The van der Waals surface area contributed by atoms with Gasteiger partial charge in [0.1, 0.15) is 5.60 Å². The summed E-state index contributed by atoms with van der Waals surface area (Å²) in [5.74, 6) is 0. The fourth-order valence-corrected chi connectivity index (χ4v) is 2.44. The Labute approximate surface area is 96.1 Å². The molecule has 3 heteroatoms. The molecule has 0 aliphatic heterocycles. The summed E-state index contributed by atoms with van der Waals surface area (Å²) in [5.41, 5.74) is 0.723. The minimum Gasteiger partial charge on any atom is -0.420 e. The molecule has 16 heavy (non-hydrogen) atoms. The molecule has 0 unspecified atom stereocenters. The molecule has 0 radical (unpaired) electrons. The fourth-order valence-electron chi connectivity index (χ4n) is 2.44. The average Bonchev–Trinajstić information content (AvgIpc) is 2.31. The second-order valence-electron chi connectivity index (χ2n) is 4.43. The number of aromatic nitrogens is 1. The molecule has 1 aromatic heterocycles. The Kier molecular flexibility index (Phi) is 3.40. The van der Waals surface area contributed by atoms with Crippen LogP contribution in [0, 0.1) is 11.5 Å². The molecule has 1 aliphatic rings. The van der Waals surface area contributed by atoms with Crippen LogP contribution >= 0.6 is 0 Å². The van der Waals surface area contributed by atoms with Crippen molar-refractivity contribution in [1.82, 2.24) is 4.98 Å². The van der Waals surface area contributed by atoms with Crippen molar-refractivity contribution in [2.75, 3.05) is 0 Å². The molecule has 0 atom stereocenters. The summed E-state index contributed by atoms with van der Waals surface area (Å²) in [7, 11) is 0. The van der Waals surface area contributed by atoms with Gasteiger partial charge in [0, 0.05) is 18.3 Å². The van der Waals surface area contributed by atoms with E-state index in [9.17, 15) is 0 Å². The molecular formula is C13H16N2O. The Morgan fingerprint density at radius 2 is 2.12 bits per heavy atom. The van der Waals surface area contributed by atoms with Gasteiger partial charge in [-0.05, 0) is 37.8 Å². The first kappa shape index (κ1) is 10.9. The van der Waals surface area contributed by atoms with Crippen molar-refractivity contribution in [2.24, 2.45) is 0 Å². The van der Waals surface area contributed by atoms with Crippen LogP contribution in [-0.4, -0.2) is 10.6 Å². The SMILES string of the molecule is N#COC1(Cc2ccccn2)CCCCC1. The van der Waals surface area contributed by atoms with E-state index >= 15 is 0 Å². The standard InChI is InChI=1S/C13H16N2O/c14-11-16-13(7-3-1-4-8-13)10-12-6-2-5-9-15-12/h2,5-6,9H,1,3-4,7-8,10H2. The lowest BCUT2D eigenvalue weighted by Crippen LogP contribution is -2.36. The van der Waals surface area contributed by atoms with Gasteiger partial charge in [-0.15, -0.1) is 0 Å². The van der Waals surface area contributed by atoms with Crippen molar-refractivity contribution in [2.45, 2.75) is 44.1 Å². The van der Waals surface area contributed by atoms with E-state index in [1.165, 1.54) is 6.42 Å². The average molecular weight is 216 g/mol. The quantitative estimate of drug-likeness (QED) is 0.730. The first-order valence-corrected chi connectivity index (χ1v) is 5.82. The van der Waals surface area contributed by atoms with E-state index in [1.54, 1.807) is 6.20 Å². The third-order valence-electron chi connectivity index (χ3n) is 3.26. The highest BCUT2D eigenvalue weighted by Gasteiger charge is 2.34. The number of hydrogen-bond donors (Lipinski definition) is 0. The predicted octanol–water partition coefficient (Wildman–Crippen LogP) is 2.82. The van der Waals surface area contributed by atoms with Crippen molar-refractivity contribution in [1.29, 1.82) is 5.26 Å². The minimum atomic E-state index is -0.290. The van der Waals surface area contributed by atoms with Crippen LogP contribution in [0.1, 0.15) is 37.8 Å². The second-order valence-corrected chi connectivity index (χ2v) is 4.43. The summed E-state index contributed by atoms with van der Waals surface area (Å²) < 4.78 is 5.34. The van der Waals surface area contributed by atoms with Gasteiger partial charge in [-0.3, -0.25) is 4.98 Å². The van der Waals surface area contributed by atoms with E-state index in [0.717, 1.165) is 37.8 Å². The van der Waals surface area contributed by atoms with Crippen molar-refractivity contribution in [3.8, 4) is 6.26 Å². The minimum absolute atomic E-state index is 0.290. The molecule has 1 saturated carbocycles. The summed E-state index contributed by atoms with van der Waals surface area (Å²) in [6.45, 7) is 0. The molecule has 0 bridgehead atoms. The fraction of sp³-hybridized carbons (Fsp3) is 0.538. The molecule has 3 nitrogen and oxygen atoms in total. The van der Waals surface area contributed by atoms with Gasteiger partial charge in [0.2, 0.25) is 0 Å². The lowest BCUT2D eigenvalue weighted by Gasteiger charge is -2.34. The van der Waals surface area contributed by atoms with E-state index in [0.29, 0.717) is 0 Å². The molecule has 0 aromatic carbocycles. The lowest BCUT2D eigenvalue weighted by molar-refractivity contribution is -0.000247. The lowest BCUT2D eigenvalue weighted by atomic mass is 9.81.